The SMILES string of the molecule is Cc1cc2c(nc(O[C@@H](C)C3CCCN3C)c3cc(C)n([C@H]4[C@H]5CN[C@@H]4C5)c32)c(F)c1-c1cccc2cccc(C#N)c12. The molecule has 2 bridgehead atoms. The fourth-order valence-electron chi connectivity index (χ4n) is 8.38. The van der Waals surface area contributed by atoms with Gasteiger partial charge in [0.2, 0.25) is 5.88 Å². The van der Waals surface area contributed by atoms with Crippen molar-refractivity contribution < 1.29 is 9.13 Å². The average Bonchev–Trinajstić information content (AvgIpc) is 3.79. The Balaban J connectivity index is 1.40. The largest absolute Gasteiger partial charge is 0.472 e. The number of likely N-dealkylation sites (N-methyl/N-ethyl adjacent to an activating group) is 1. The summed E-state index contributed by atoms with van der Waals surface area (Å²) in [5.74, 6) is 0.706. The van der Waals surface area contributed by atoms with Gasteiger partial charge in [-0.05, 0) is 94.3 Å². The van der Waals surface area contributed by atoms with E-state index in [4.69, 9.17) is 9.72 Å². The maximum atomic E-state index is 17.2. The number of aromatic nitrogens is 2. The van der Waals surface area contributed by atoms with Crippen molar-refractivity contribution >= 4 is 32.6 Å². The van der Waals surface area contributed by atoms with E-state index in [0.717, 1.165) is 64.3 Å². The lowest BCUT2D eigenvalue weighted by Crippen LogP contribution is -2.39. The third kappa shape index (κ3) is 3.86. The van der Waals surface area contributed by atoms with Crippen LogP contribution in [0.4, 0.5) is 4.39 Å². The Kier molecular flexibility index (Phi) is 6.05. The first-order valence-corrected chi connectivity index (χ1v) is 15.5. The molecule has 1 aliphatic carbocycles. The summed E-state index contributed by atoms with van der Waals surface area (Å²) in [6.45, 7) is 8.30. The molecule has 218 valence electrons. The lowest BCUT2D eigenvalue weighted by Gasteiger charge is -2.37. The molecule has 3 aliphatic heterocycles. The van der Waals surface area contributed by atoms with E-state index in [2.05, 4.69) is 53.9 Å². The van der Waals surface area contributed by atoms with Crippen LogP contribution in [0.3, 0.4) is 0 Å². The minimum atomic E-state index is -0.368. The molecule has 9 rings (SSSR count). The molecule has 3 saturated heterocycles. The van der Waals surface area contributed by atoms with Crippen LogP contribution in [-0.2, 0) is 0 Å². The first kappa shape index (κ1) is 26.6. The summed E-state index contributed by atoms with van der Waals surface area (Å²) in [5.41, 5.74) is 5.04. The maximum absolute atomic E-state index is 17.2. The Bertz CT molecular complexity index is 1970. The fraction of sp³-hybridized carbons (Fsp3) is 0.389. The first-order valence-electron chi connectivity index (χ1n) is 15.5. The van der Waals surface area contributed by atoms with Crippen LogP contribution in [0, 0.1) is 36.9 Å². The van der Waals surface area contributed by atoms with Gasteiger partial charge in [-0.15, -0.1) is 0 Å². The van der Waals surface area contributed by atoms with Crippen molar-refractivity contribution in [2.24, 2.45) is 5.92 Å². The van der Waals surface area contributed by atoms with Crippen LogP contribution in [-0.4, -0.2) is 52.8 Å². The third-order valence-corrected chi connectivity index (χ3v) is 10.5. The molecule has 0 amide bonds. The van der Waals surface area contributed by atoms with Crippen molar-refractivity contribution in [3.8, 4) is 23.1 Å². The zero-order valence-corrected chi connectivity index (χ0v) is 25.1. The summed E-state index contributed by atoms with van der Waals surface area (Å²) >= 11 is 0. The van der Waals surface area contributed by atoms with E-state index in [1.165, 1.54) is 6.42 Å². The number of likely N-dealkylation sites (tertiary alicyclic amines) is 1. The quantitative estimate of drug-likeness (QED) is 0.245. The van der Waals surface area contributed by atoms with E-state index in [-0.39, 0.29) is 11.9 Å². The van der Waals surface area contributed by atoms with Gasteiger partial charge in [0.1, 0.15) is 11.6 Å². The summed E-state index contributed by atoms with van der Waals surface area (Å²) in [6, 6.07) is 19.1. The molecule has 2 aromatic heterocycles. The first-order chi connectivity index (χ1) is 20.9. The smallest absolute Gasteiger partial charge is 0.223 e. The molecule has 43 heavy (non-hydrogen) atoms. The number of halogens is 1. The van der Waals surface area contributed by atoms with Crippen molar-refractivity contribution in [1.29, 1.82) is 5.26 Å². The van der Waals surface area contributed by atoms with Gasteiger partial charge >= 0.3 is 0 Å². The molecule has 3 aromatic carbocycles. The molecular formula is C36H36FN5O. The molecule has 4 fully saturated rings. The lowest BCUT2D eigenvalue weighted by molar-refractivity contribution is 0.119. The van der Waals surface area contributed by atoms with Gasteiger partial charge in [-0.3, -0.25) is 4.90 Å². The number of nitrogens with one attached hydrogen (secondary N) is 1. The summed E-state index contributed by atoms with van der Waals surface area (Å²) in [6.07, 6.45) is 3.32. The van der Waals surface area contributed by atoms with Crippen LogP contribution in [0.5, 0.6) is 5.88 Å². The van der Waals surface area contributed by atoms with Crippen LogP contribution >= 0.6 is 0 Å². The molecule has 0 radical (unpaired) electrons. The lowest BCUT2D eigenvalue weighted by atomic mass is 9.79. The molecule has 5 heterocycles. The monoisotopic (exact) mass is 573 g/mol. The highest BCUT2D eigenvalue weighted by atomic mass is 19.1. The Morgan fingerprint density at radius 2 is 1.95 bits per heavy atom. The zero-order valence-electron chi connectivity index (χ0n) is 25.1. The van der Waals surface area contributed by atoms with Crippen molar-refractivity contribution in [3.05, 3.63) is 71.2 Å². The van der Waals surface area contributed by atoms with Crippen LogP contribution < -0.4 is 10.1 Å². The van der Waals surface area contributed by atoms with Gasteiger partial charge in [-0.25, -0.2) is 9.37 Å². The molecule has 0 spiro atoms. The molecular weight excluding hydrogens is 537 g/mol. The van der Waals surface area contributed by atoms with Crippen LogP contribution in [0.1, 0.15) is 49.0 Å². The van der Waals surface area contributed by atoms with Crippen LogP contribution in [0.25, 0.3) is 43.7 Å². The summed E-state index contributed by atoms with van der Waals surface area (Å²) < 4.78 is 26.3. The van der Waals surface area contributed by atoms with Crippen molar-refractivity contribution in [2.45, 2.75) is 64.3 Å². The highest BCUT2D eigenvalue weighted by Crippen LogP contribution is 2.49. The third-order valence-electron chi connectivity index (χ3n) is 10.5. The Labute approximate surface area is 251 Å². The Morgan fingerprint density at radius 3 is 2.65 bits per heavy atom. The van der Waals surface area contributed by atoms with E-state index in [1.54, 1.807) is 6.07 Å². The van der Waals surface area contributed by atoms with E-state index >= 15 is 4.39 Å². The van der Waals surface area contributed by atoms with E-state index < -0.39 is 0 Å². The number of benzene rings is 3. The molecule has 1 unspecified atom stereocenters. The summed E-state index contributed by atoms with van der Waals surface area (Å²) in [7, 11) is 2.15. The fourth-order valence-corrected chi connectivity index (χ4v) is 8.38. The molecule has 1 N–H and O–H groups in total. The van der Waals surface area contributed by atoms with Crippen molar-refractivity contribution in [3.63, 3.8) is 0 Å². The van der Waals surface area contributed by atoms with Gasteiger partial charge in [0, 0.05) is 40.7 Å². The number of ether oxygens (including phenoxy) is 1. The zero-order chi connectivity index (χ0) is 29.6. The highest BCUT2D eigenvalue weighted by Gasteiger charge is 2.48. The standard InChI is InChI=1S/C36H36FN5O/c1-19-14-26-33(32(37)30(19)25-11-6-9-22-8-5-10-23(17-38)31(22)25)40-36(43-21(3)29-12-7-13-41(29)4)27-15-20(2)42(35(26)27)34-24-16-28(34)39-18-24/h5-6,8-11,14-15,21,24,28-29,34,39H,7,12-13,16,18H2,1-4H3/t21-,24+,28+,29?,34-/m0/s1. The molecule has 1 saturated carbocycles. The predicted molar refractivity (Wildman–Crippen MR) is 169 cm³/mol. The van der Waals surface area contributed by atoms with Gasteiger partial charge < -0.3 is 14.6 Å². The second-order valence-electron chi connectivity index (χ2n) is 12.9. The Morgan fingerprint density at radius 1 is 1.14 bits per heavy atom. The highest BCUT2D eigenvalue weighted by molar-refractivity contribution is 6.10. The number of hydrogen-bond donors (Lipinski definition) is 1. The molecule has 4 aliphatic rings. The van der Waals surface area contributed by atoms with E-state index in [1.807, 2.05) is 37.3 Å². The molecule has 5 atom stereocenters. The number of pyridine rings is 1. The minimum Gasteiger partial charge on any atom is -0.472 e. The number of hydrogen-bond acceptors (Lipinski definition) is 5. The predicted octanol–water partition coefficient (Wildman–Crippen LogP) is 7.03. The van der Waals surface area contributed by atoms with Gasteiger partial charge in [0.25, 0.3) is 0 Å². The van der Waals surface area contributed by atoms with Gasteiger partial charge in [-0.1, -0.05) is 30.3 Å². The number of fused-ring (bicyclic) bond motifs is 5. The second-order valence-corrected chi connectivity index (χ2v) is 12.9. The number of aryl methyl sites for hydroxylation is 2. The van der Waals surface area contributed by atoms with Gasteiger partial charge in [-0.2, -0.15) is 5.26 Å². The Hall–Kier alpha value is -3.99. The number of nitriles is 1. The van der Waals surface area contributed by atoms with Crippen molar-refractivity contribution in [2.75, 3.05) is 20.1 Å². The molecule has 5 aromatic rings. The topological polar surface area (TPSA) is 66.1 Å². The summed E-state index contributed by atoms with van der Waals surface area (Å²) in [4.78, 5) is 7.34. The van der Waals surface area contributed by atoms with Crippen molar-refractivity contribution in [1.82, 2.24) is 19.8 Å². The number of rotatable bonds is 5. The number of nitrogens with zero attached hydrogens (tertiary/aromatic N) is 4. The summed E-state index contributed by atoms with van der Waals surface area (Å²) in [5, 5.41) is 17.0. The second kappa shape index (κ2) is 9.77. The average molecular weight is 574 g/mol. The van der Waals surface area contributed by atoms with E-state index in [9.17, 15) is 5.26 Å². The van der Waals surface area contributed by atoms with Crippen LogP contribution in [0.15, 0.2) is 48.5 Å². The minimum absolute atomic E-state index is 0.0879. The van der Waals surface area contributed by atoms with Crippen LogP contribution in [0.2, 0.25) is 0 Å². The van der Waals surface area contributed by atoms with Gasteiger partial charge in [0.15, 0.2) is 5.82 Å². The molecule has 7 heteroatoms. The maximum Gasteiger partial charge on any atom is 0.223 e. The molecule has 6 nitrogen and oxygen atoms in total. The van der Waals surface area contributed by atoms with Gasteiger partial charge in [0.05, 0.1) is 28.6 Å². The van der Waals surface area contributed by atoms with E-state index in [0.29, 0.717) is 52.1 Å². The normalized spacial score (nSPS) is 24.1.